The topological polar surface area (TPSA) is 74.7 Å². The van der Waals surface area contributed by atoms with Crippen molar-refractivity contribution in [1.82, 2.24) is 4.31 Å². The number of hydrogen-bond acceptors (Lipinski definition) is 3. The smallest absolute Gasteiger partial charge is 0.393 e. The van der Waals surface area contributed by atoms with Crippen LogP contribution >= 0.6 is 0 Å². The molecular weight excluding hydrogens is 354 g/mol. The summed E-state index contributed by atoms with van der Waals surface area (Å²) in [5, 5.41) is 8.91. The lowest BCUT2D eigenvalue weighted by Gasteiger charge is -2.18. The Bertz CT molecular complexity index is 748. The Morgan fingerprint density at radius 3 is 2.42 bits per heavy atom. The van der Waals surface area contributed by atoms with Crippen LogP contribution in [0.1, 0.15) is 11.1 Å². The first-order valence-electron chi connectivity index (χ1n) is 6.94. The van der Waals surface area contributed by atoms with Crippen LogP contribution in [0.2, 0.25) is 0 Å². The number of aliphatic carboxylic acids is 1. The second-order valence-corrected chi connectivity index (χ2v) is 7.73. The van der Waals surface area contributed by atoms with Crippen molar-refractivity contribution in [2.45, 2.75) is 18.9 Å². The number of aryl methyl sites for hydroxylation is 1. The van der Waals surface area contributed by atoms with Gasteiger partial charge in [-0.3, -0.25) is 4.79 Å². The first kappa shape index (κ1) is 18.7. The van der Waals surface area contributed by atoms with Gasteiger partial charge in [-0.15, -0.1) is 0 Å². The molecule has 0 amide bonds. The average molecular weight is 369 g/mol. The molecule has 2 atom stereocenters. The van der Waals surface area contributed by atoms with E-state index in [0.29, 0.717) is 9.87 Å². The number of rotatable bonds is 4. The molecule has 10 heteroatoms. The van der Waals surface area contributed by atoms with Crippen LogP contribution in [0, 0.1) is 24.6 Å². The SMILES string of the molecule is Cc1ccc(CS(=O)(=O)N2C[C@@H](C(F)(F)F)[C@H](C(=O)O)C2)c(F)c1. The van der Waals surface area contributed by atoms with Gasteiger partial charge in [0, 0.05) is 18.7 Å². The summed E-state index contributed by atoms with van der Waals surface area (Å²) in [5.41, 5.74) is 0.390. The van der Waals surface area contributed by atoms with Crippen LogP contribution in [0.15, 0.2) is 18.2 Å². The van der Waals surface area contributed by atoms with E-state index in [4.69, 9.17) is 5.11 Å². The molecular formula is C14H15F4NO4S. The summed E-state index contributed by atoms with van der Waals surface area (Å²) in [6, 6.07) is 3.85. The maximum Gasteiger partial charge on any atom is 0.393 e. The van der Waals surface area contributed by atoms with Crippen LogP contribution in [0.25, 0.3) is 0 Å². The van der Waals surface area contributed by atoms with Gasteiger partial charge in [0.15, 0.2) is 0 Å². The van der Waals surface area contributed by atoms with Crippen LogP contribution in [0.4, 0.5) is 17.6 Å². The average Bonchev–Trinajstić information content (AvgIpc) is 2.88. The summed E-state index contributed by atoms with van der Waals surface area (Å²) in [4.78, 5) is 11.0. The van der Waals surface area contributed by atoms with Gasteiger partial charge < -0.3 is 5.11 Å². The van der Waals surface area contributed by atoms with E-state index < -0.39 is 58.7 Å². The van der Waals surface area contributed by atoms with Crippen molar-refractivity contribution in [3.05, 3.63) is 35.1 Å². The summed E-state index contributed by atoms with van der Waals surface area (Å²) >= 11 is 0. The molecule has 1 aliphatic rings. The van der Waals surface area contributed by atoms with Crippen molar-refractivity contribution < 1.29 is 35.9 Å². The van der Waals surface area contributed by atoms with Crippen molar-refractivity contribution in [3.63, 3.8) is 0 Å². The van der Waals surface area contributed by atoms with E-state index in [2.05, 4.69) is 0 Å². The Kier molecular flexibility index (Phi) is 4.91. The van der Waals surface area contributed by atoms with Gasteiger partial charge in [-0.05, 0) is 18.6 Å². The normalized spacial score (nSPS) is 22.7. The van der Waals surface area contributed by atoms with E-state index in [-0.39, 0.29) is 5.56 Å². The van der Waals surface area contributed by atoms with Crippen molar-refractivity contribution in [3.8, 4) is 0 Å². The zero-order valence-corrected chi connectivity index (χ0v) is 13.4. The molecule has 1 aliphatic heterocycles. The maximum atomic E-state index is 13.8. The molecule has 1 N–H and O–H groups in total. The van der Waals surface area contributed by atoms with E-state index in [9.17, 15) is 30.8 Å². The number of alkyl halides is 3. The number of carbonyl (C=O) groups is 1. The summed E-state index contributed by atoms with van der Waals surface area (Å²) in [5.74, 6) is -7.47. The number of nitrogens with zero attached hydrogens (tertiary/aromatic N) is 1. The van der Waals surface area contributed by atoms with Gasteiger partial charge in [0.05, 0.1) is 17.6 Å². The largest absolute Gasteiger partial charge is 0.481 e. The monoisotopic (exact) mass is 369 g/mol. The molecule has 0 bridgehead atoms. The van der Waals surface area contributed by atoms with Crippen LogP contribution in [0.3, 0.4) is 0 Å². The summed E-state index contributed by atoms with van der Waals surface area (Å²) in [6.45, 7) is -0.154. The van der Waals surface area contributed by atoms with E-state index in [1.54, 1.807) is 6.92 Å². The van der Waals surface area contributed by atoms with Gasteiger partial charge in [0.1, 0.15) is 5.82 Å². The lowest BCUT2D eigenvalue weighted by molar-refractivity contribution is -0.187. The number of halogens is 4. The highest BCUT2D eigenvalue weighted by Crippen LogP contribution is 2.39. The molecule has 24 heavy (non-hydrogen) atoms. The van der Waals surface area contributed by atoms with E-state index in [1.807, 2.05) is 0 Å². The minimum Gasteiger partial charge on any atom is -0.481 e. The standard InChI is InChI=1S/C14H15F4NO4S/c1-8-2-3-9(12(15)4-8)7-24(22,23)19-5-10(13(20)21)11(6-19)14(16,17)18/h2-4,10-11H,5-7H2,1H3,(H,20,21)/t10-,11-/m1/s1. The fraction of sp³-hybridized carbons (Fsp3) is 0.500. The number of sulfonamides is 1. The molecule has 0 saturated carbocycles. The van der Waals surface area contributed by atoms with Gasteiger partial charge >= 0.3 is 12.1 Å². The summed E-state index contributed by atoms with van der Waals surface area (Å²) < 4.78 is 77.6. The molecule has 0 unspecified atom stereocenters. The third-order valence-electron chi connectivity index (χ3n) is 3.96. The molecule has 0 spiro atoms. The molecule has 1 aromatic carbocycles. The number of hydrogen-bond donors (Lipinski definition) is 1. The molecule has 134 valence electrons. The van der Waals surface area contributed by atoms with Gasteiger partial charge in [-0.2, -0.15) is 13.2 Å². The molecule has 1 aromatic rings. The van der Waals surface area contributed by atoms with Crippen LogP contribution in [0.5, 0.6) is 0 Å². The lowest BCUT2D eigenvalue weighted by atomic mass is 9.96. The zero-order valence-electron chi connectivity index (χ0n) is 12.5. The molecule has 5 nitrogen and oxygen atoms in total. The van der Waals surface area contributed by atoms with Crippen LogP contribution in [-0.2, 0) is 20.6 Å². The fourth-order valence-corrected chi connectivity index (χ4v) is 4.22. The third kappa shape index (κ3) is 3.86. The van der Waals surface area contributed by atoms with E-state index >= 15 is 0 Å². The molecule has 0 aromatic heterocycles. The first-order chi connectivity index (χ1) is 10.9. The Labute approximate surface area is 135 Å². The molecule has 0 radical (unpaired) electrons. The van der Waals surface area contributed by atoms with Crippen molar-refractivity contribution in [1.29, 1.82) is 0 Å². The van der Waals surface area contributed by atoms with Gasteiger partial charge in [0.25, 0.3) is 0 Å². The number of carboxylic acid groups (broad SMARTS) is 1. The van der Waals surface area contributed by atoms with Crippen molar-refractivity contribution in [2.75, 3.05) is 13.1 Å². The molecule has 1 fully saturated rings. The Morgan fingerprint density at radius 1 is 1.33 bits per heavy atom. The summed E-state index contributed by atoms with van der Waals surface area (Å²) in [7, 11) is -4.28. The highest BCUT2D eigenvalue weighted by Gasteiger charge is 2.54. The predicted molar refractivity (Wildman–Crippen MR) is 76.0 cm³/mol. The highest BCUT2D eigenvalue weighted by molar-refractivity contribution is 7.88. The molecule has 1 heterocycles. The van der Waals surface area contributed by atoms with Gasteiger partial charge in [-0.25, -0.2) is 17.1 Å². The van der Waals surface area contributed by atoms with E-state index in [0.717, 1.165) is 6.07 Å². The third-order valence-corrected chi connectivity index (χ3v) is 5.72. The van der Waals surface area contributed by atoms with Crippen LogP contribution < -0.4 is 0 Å². The molecule has 2 rings (SSSR count). The second-order valence-electron chi connectivity index (χ2n) is 5.76. The van der Waals surface area contributed by atoms with Gasteiger partial charge in [-0.1, -0.05) is 12.1 Å². The minimum absolute atomic E-state index is 0.178. The number of benzene rings is 1. The van der Waals surface area contributed by atoms with E-state index in [1.165, 1.54) is 12.1 Å². The van der Waals surface area contributed by atoms with Crippen LogP contribution in [-0.4, -0.2) is 43.1 Å². The van der Waals surface area contributed by atoms with Gasteiger partial charge in [0.2, 0.25) is 10.0 Å². The Hall–Kier alpha value is -1.68. The lowest BCUT2D eigenvalue weighted by Crippen LogP contribution is -2.34. The number of carboxylic acids is 1. The minimum atomic E-state index is -4.83. The molecule has 1 saturated heterocycles. The zero-order chi connectivity index (χ0) is 18.3. The Balaban J connectivity index is 2.25. The van der Waals surface area contributed by atoms with Crippen molar-refractivity contribution in [2.24, 2.45) is 11.8 Å². The Morgan fingerprint density at radius 2 is 1.96 bits per heavy atom. The predicted octanol–water partition coefficient (Wildman–Crippen LogP) is 2.16. The van der Waals surface area contributed by atoms with Crippen molar-refractivity contribution >= 4 is 16.0 Å². The molecule has 0 aliphatic carbocycles. The second kappa shape index (κ2) is 6.32. The quantitative estimate of drug-likeness (QED) is 0.826. The first-order valence-corrected chi connectivity index (χ1v) is 8.55. The highest BCUT2D eigenvalue weighted by atomic mass is 32.2. The maximum absolute atomic E-state index is 13.8. The summed E-state index contributed by atoms with van der Waals surface area (Å²) in [6.07, 6.45) is -4.83. The fourth-order valence-electron chi connectivity index (χ4n) is 2.63.